The van der Waals surface area contributed by atoms with Crippen molar-refractivity contribution in [3.63, 3.8) is 0 Å². The fraction of sp³-hybridized carbons (Fsp3) is 0.300. The average molecular weight is 424 g/mol. The number of halogens is 3. The molecular weight excluding hydrogens is 405 g/mol. The average Bonchev–Trinajstić information content (AvgIpc) is 2.70. The highest BCUT2D eigenvalue weighted by Gasteiger charge is 2.32. The summed E-state index contributed by atoms with van der Waals surface area (Å²) < 4.78 is 42.4. The van der Waals surface area contributed by atoms with Crippen LogP contribution in [0.2, 0.25) is 0 Å². The van der Waals surface area contributed by atoms with E-state index < -0.39 is 18.6 Å². The van der Waals surface area contributed by atoms with Crippen molar-refractivity contribution in [2.45, 2.75) is 30.9 Å². The van der Waals surface area contributed by atoms with Crippen molar-refractivity contribution in [3.8, 4) is 5.75 Å². The van der Waals surface area contributed by atoms with Crippen LogP contribution in [0.4, 0.5) is 13.2 Å². The van der Waals surface area contributed by atoms with Crippen molar-refractivity contribution >= 4 is 23.6 Å². The van der Waals surface area contributed by atoms with E-state index in [1.165, 1.54) is 30.0 Å². The van der Waals surface area contributed by atoms with Crippen LogP contribution in [0.5, 0.6) is 5.75 Å². The molecule has 1 aliphatic heterocycles. The zero-order chi connectivity index (χ0) is 20.8. The molecule has 154 valence electrons. The van der Waals surface area contributed by atoms with Crippen LogP contribution in [0.25, 0.3) is 0 Å². The van der Waals surface area contributed by atoms with Crippen molar-refractivity contribution in [1.29, 1.82) is 0 Å². The van der Waals surface area contributed by atoms with Crippen LogP contribution in [-0.4, -0.2) is 35.5 Å². The number of para-hydroxylation sites is 1. The number of thioether (sulfide) groups is 1. The monoisotopic (exact) mass is 424 g/mol. The van der Waals surface area contributed by atoms with Crippen molar-refractivity contribution in [3.05, 3.63) is 65.5 Å². The van der Waals surface area contributed by atoms with Gasteiger partial charge in [-0.05, 0) is 30.2 Å². The van der Waals surface area contributed by atoms with Gasteiger partial charge in [0.25, 0.3) is 0 Å². The Morgan fingerprint density at radius 1 is 1.21 bits per heavy atom. The molecule has 1 saturated heterocycles. The van der Waals surface area contributed by atoms with Crippen molar-refractivity contribution in [2.24, 2.45) is 0 Å². The first-order chi connectivity index (χ1) is 13.9. The maximum absolute atomic E-state index is 13.0. The zero-order valence-corrected chi connectivity index (χ0v) is 16.1. The SMILES string of the molecule is O=C(NCc1ccccc1OC(F)F)C1CSC(Cc2ccc(F)cc2)C(=O)N1. The first kappa shape index (κ1) is 21.0. The second kappa shape index (κ2) is 9.69. The van der Waals surface area contributed by atoms with Gasteiger partial charge in [-0.15, -0.1) is 11.8 Å². The third-order valence-electron chi connectivity index (χ3n) is 4.37. The van der Waals surface area contributed by atoms with Gasteiger partial charge < -0.3 is 15.4 Å². The van der Waals surface area contributed by atoms with E-state index in [0.29, 0.717) is 17.7 Å². The highest BCUT2D eigenvalue weighted by atomic mass is 32.2. The molecule has 0 aromatic heterocycles. The predicted molar refractivity (Wildman–Crippen MR) is 103 cm³/mol. The molecule has 2 N–H and O–H groups in total. The molecule has 5 nitrogen and oxygen atoms in total. The quantitative estimate of drug-likeness (QED) is 0.717. The minimum absolute atomic E-state index is 0.00221. The van der Waals surface area contributed by atoms with Crippen LogP contribution in [0.15, 0.2) is 48.5 Å². The van der Waals surface area contributed by atoms with E-state index >= 15 is 0 Å². The fourth-order valence-corrected chi connectivity index (χ4v) is 4.08. The van der Waals surface area contributed by atoms with Gasteiger partial charge in [0.1, 0.15) is 17.6 Å². The number of carbonyl (C=O) groups is 2. The molecule has 3 rings (SSSR count). The summed E-state index contributed by atoms with van der Waals surface area (Å²) in [5.41, 5.74) is 1.24. The maximum Gasteiger partial charge on any atom is 0.387 e. The number of rotatable bonds is 7. The summed E-state index contributed by atoms with van der Waals surface area (Å²) in [4.78, 5) is 24.7. The third kappa shape index (κ3) is 5.90. The second-order valence-corrected chi connectivity index (χ2v) is 7.65. The summed E-state index contributed by atoms with van der Waals surface area (Å²) >= 11 is 1.35. The largest absolute Gasteiger partial charge is 0.434 e. The molecule has 0 bridgehead atoms. The minimum Gasteiger partial charge on any atom is -0.434 e. The molecule has 1 heterocycles. The Hall–Kier alpha value is -2.68. The Balaban J connectivity index is 1.52. The van der Waals surface area contributed by atoms with Gasteiger partial charge in [0, 0.05) is 17.9 Å². The second-order valence-electron chi connectivity index (χ2n) is 6.42. The van der Waals surface area contributed by atoms with Crippen LogP contribution < -0.4 is 15.4 Å². The number of carbonyl (C=O) groups excluding carboxylic acids is 2. The van der Waals surface area contributed by atoms with E-state index in [0.717, 1.165) is 5.56 Å². The Kier molecular flexibility index (Phi) is 7.03. The molecule has 0 saturated carbocycles. The Bertz CT molecular complexity index is 864. The summed E-state index contributed by atoms with van der Waals surface area (Å²) in [6, 6.07) is 11.4. The molecule has 1 fully saturated rings. The number of amides is 2. The Labute approximate surface area is 170 Å². The van der Waals surface area contributed by atoms with E-state index in [2.05, 4.69) is 15.4 Å². The van der Waals surface area contributed by atoms with E-state index in [-0.39, 0.29) is 29.3 Å². The number of benzene rings is 2. The number of nitrogens with one attached hydrogen (secondary N) is 2. The summed E-state index contributed by atoms with van der Waals surface area (Å²) in [6.07, 6.45) is 0.434. The molecule has 2 atom stereocenters. The van der Waals surface area contributed by atoms with E-state index in [4.69, 9.17) is 0 Å². The van der Waals surface area contributed by atoms with Crippen LogP contribution in [0.3, 0.4) is 0 Å². The van der Waals surface area contributed by atoms with Gasteiger partial charge in [0.15, 0.2) is 0 Å². The molecule has 2 unspecified atom stereocenters. The molecule has 1 aliphatic rings. The molecule has 9 heteroatoms. The molecule has 0 radical (unpaired) electrons. The Morgan fingerprint density at radius 2 is 1.93 bits per heavy atom. The molecule has 29 heavy (non-hydrogen) atoms. The highest BCUT2D eigenvalue weighted by Crippen LogP contribution is 2.23. The van der Waals surface area contributed by atoms with E-state index in [1.807, 2.05) is 0 Å². The standard InChI is InChI=1S/C20H19F3N2O3S/c21-14-7-5-12(6-8-14)9-17-19(27)25-15(11-29-17)18(26)24-10-13-3-1-2-4-16(13)28-20(22)23/h1-8,15,17,20H,9-11H2,(H,24,26)(H,25,27). The lowest BCUT2D eigenvalue weighted by Gasteiger charge is -2.28. The molecule has 2 amide bonds. The van der Waals surface area contributed by atoms with Gasteiger partial charge >= 0.3 is 6.61 Å². The lowest BCUT2D eigenvalue weighted by atomic mass is 10.1. The molecule has 2 aromatic carbocycles. The van der Waals surface area contributed by atoms with Crippen LogP contribution >= 0.6 is 11.8 Å². The van der Waals surface area contributed by atoms with Crippen molar-refractivity contribution in [2.75, 3.05) is 5.75 Å². The molecular formula is C20H19F3N2O3S. The van der Waals surface area contributed by atoms with E-state index in [1.54, 1.807) is 30.3 Å². The molecule has 2 aromatic rings. The fourth-order valence-electron chi connectivity index (χ4n) is 2.89. The van der Waals surface area contributed by atoms with Crippen LogP contribution in [0, 0.1) is 5.82 Å². The molecule has 0 spiro atoms. The van der Waals surface area contributed by atoms with Gasteiger partial charge in [-0.3, -0.25) is 9.59 Å². The van der Waals surface area contributed by atoms with Crippen molar-refractivity contribution in [1.82, 2.24) is 10.6 Å². The number of ether oxygens (including phenoxy) is 1. The molecule has 0 aliphatic carbocycles. The first-order valence-electron chi connectivity index (χ1n) is 8.89. The lowest BCUT2D eigenvalue weighted by Crippen LogP contribution is -2.54. The number of hydrogen-bond donors (Lipinski definition) is 2. The smallest absolute Gasteiger partial charge is 0.387 e. The predicted octanol–water partition coefficient (Wildman–Crippen LogP) is 2.89. The summed E-state index contributed by atoms with van der Waals surface area (Å²) in [6.45, 7) is -2.96. The third-order valence-corrected chi connectivity index (χ3v) is 5.67. The summed E-state index contributed by atoms with van der Waals surface area (Å²) in [7, 11) is 0. The summed E-state index contributed by atoms with van der Waals surface area (Å²) in [5.74, 6) is -0.653. The van der Waals surface area contributed by atoms with Gasteiger partial charge in [0.2, 0.25) is 11.8 Å². The summed E-state index contributed by atoms with van der Waals surface area (Å²) in [5, 5.41) is 4.95. The maximum atomic E-state index is 13.0. The van der Waals surface area contributed by atoms with Gasteiger partial charge in [-0.2, -0.15) is 8.78 Å². The van der Waals surface area contributed by atoms with Gasteiger partial charge in [-0.25, -0.2) is 4.39 Å². The topological polar surface area (TPSA) is 67.4 Å². The lowest BCUT2D eigenvalue weighted by molar-refractivity contribution is -0.128. The normalized spacial score (nSPS) is 19.0. The van der Waals surface area contributed by atoms with Gasteiger partial charge in [0.05, 0.1) is 5.25 Å². The van der Waals surface area contributed by atoms with Crippen LogP contribution in [-0.2, 0) is 22.6 Å². The zero-order valence-electron chi connectivity index (χ0n) is 15.2. The van der Waals surface area contributed by atoms with E-state index in [9.17, 15) is 22.8 Å². The van der Waals surface area contributed by atoms with Gasteiger partial charge in [-0.1, -0.05) is 30.3 Å². The first-order valence-corrected chi connectivity index (χ1v) is 9.94. The van der Waals surface area contributed by atoms with Crippen LogP contribution in [0.1, 0.15) is 11.1 Å². The number of alkyl halides is 2. The van der Waals surface area contributed by atoms with Crippen molar-refractivity contribution < 1.29 is 27.5 Å². The minimum atomic E-state index is -2.96. The highest BCUT2D eigenvalue weighted by molar-refractivity contribution is 8.00. The Morgan fingerprint density at radius 3 is 2.62 bits per heavy atom. The number of hydrogen-bond acceptors (Lipinski definition) is 4.